The van der Waals surface area contributed by atoms with Crippen molar-refractivity contribution in [3.63, 3.8) is 0 Å². The Kier molecular flexibility index (Phi) is 3.28. The molecule has 0 amide bonds. The van der Waals surface area contributed by atoms with Crippen LogP contribution in [0.5, 0.6) is 0 Å². The molecule has 0 radical (unpaired) electrons. The molecule has 80 valence electrons. The first-order chi connectivity index (χ1) is 7.76. The second-order valence-electron chi connectivity index (χ2n) is 3.42. The van der Waals surface area contributed by atoms with Crippen molar-refractivity contribution in [3.05, 3.63) is 21.4 Å². The van der Waals surface area contributed by atoms with Crippen LogP contribution in [0, 0.1) is 28.6 Å². The van der Waals surface area contributed by atoms with Gasteiger partial charge in [-0.1, -0.05) is 0 Å². The summed E-state index contributed by atoms with van der Waals surface area (Å²) in [5.74, 6) is 0.506. The molecule has 0 atom stereocenters. The molecule has 0 saturated carbocycles. The summed E-state index contributed by atoms with van der Waals surface area (Å²) < 4.78 is 0. The van der Waals surface area contributed by atoms with Gasteiger partial charge >= 0.3 is 0 Å². The Labute approximate surface area is 102 Å². The van der Waals surface area contributed by atoms with Gasteiger partial charge in [0.25, 0.3) is 0 Å². The zero-order chi connectivity index (χ0) is 11.5. The third-order valence-corrected chi connectivity index (χ3v) is 4.65. The SMILES string of the molecule is N#CC(C#N)C(=O)c1cc2c(s1)CCSC2. The van der Waals surface area contributed by atoms with Crippen LogP contribution in [-0.4, -0.2) is 11.5 Å². The summed E-state index contributed by atoms with van der Waals surface area (Å²) >= 11 is 3.29. The van der Waals surface area contributed by atoms with Gasteiger partial charge in [0, 0.05) is 10.6 Å². The van der Waals surface area contributed by atoms with Crippen molar-refractivity contribution in [1.82, 2.24) is 0 Å². The summed E-state index contributed by atoms with van der Waals surface area (Å²) in [5.41, 5.74) is 1.19. The minimum absolute atomic E-state index is 0.352. The van der Waals surface area contributed by atoms with Gasteiger partial charge in [0.05, 0.1) is 17.0 Å². The fourth-order valence-electron chi connectivity index (χ4n) is 1.56. The maximum Gasteiger partial charge on any atom is 0.204 e. The number of Topliss-reactive ketones (excluding diaryl/α,β-unsaturated/α-hetero) is 1. The van der Waals surface area contributed by atoms with Crippen LogP contribution in [-0.2, 0) is 12.2 Å². The van der Waals surface area contributed by atoms with Crippen LogP contribution in [0.2, 0.25) is 0 Å². The van der Waals surface area contributed by atoms with Crippen LogP contribution in [0.3, 0.4) is 0 Å². The number of fused-ring (bicyclic) bond motifs is 1. The molecule has 0 fully saturated rings. The van der Waals surface area contributed by atoms with E-state index in [0.717, 1.165) is 17.9 Å². The van der Waals surface area contributed by atoms with E-state index in [1.807, 2.05) is 17.8 Å². The first-order valence-electron chi connectivity index (χ1n) is 4.79. The highest BCUT2D eigenvalue weighted by molar-refractivity contribution is 7.98. The summed E-state index contributed by atoms with van der Waals surface area (Å²) in [6.07, 6.45) is 0.988. The molecule has 2 rings (SSSR count). The molecular formula is C11H8N2OS2. The lowest BCUT2D eigenvalue weighted by atomic mass is 10.1. The fraction of sp³-hybridized carbons (Fsp3) is 0.364. The number of hydrogen-bond donors (Lipinski definition) is 0. The third kappa shape index (κ3) is 1.97. The molecule has 0 saturated heterocycles. The van der Waals surface area contributed by atoms with Gasteiger partial charge in [-0.15, -0.1) is 11.3 Å². The fourth-order valence-corrected chi connectivity index (χ4v) is 3.90. The maximum atomic E-state index is 11.8. The van der Waals surface area contributed by atoms with Crippen LogP contribution in [0.1, 0.15) is 20.1 Å². The molecule has 2 heterocycles. The molecule has 16 heavy (non-hydrogen) atoms. The quantitative estimate of drug-likeness (QED) is 0.754. The number of rotatable bonds is 2. The average molecular weight is 248 g/mol. The molecule has 0 bridgehead atoms. The number of carbonyl (C=O) groups is 1. The minimum atomic E-state index is -1.16. The molecule has 0 spiro atoms. The van der Waals surface area contributed by atoms with Gasteiger partial charge < -0.3 is 0 Å². The van der Waals surface area contributed by atoms with E-state index in [-0.39, 0.29) is 5.78 Å². The van der Waals surface area contributed by atoms with Crippen LogP contribution >= 0.6 is 23.1 Å². The van der Waals surface area contributed by atoms with E-state index >= 15 is 0 Å². The number of ketones is 1. The van der Waals surface area contributed by atoms with Gasteiger partial charge in [0.15, 0.2) is 5.92 Å². The molecule has 0 unspecified atom stereocenters. The second-order valence-corrected chi connectivity index (χ2v) is 5.66. The van der Waals surface area contributed by atoms with Crippen LogP contribution in [0.4, 0.5) is 0 Å². The molecule has 0 aromatic carbocycles. The van der Waals surface area contributed by atoms with E-state index < -0.39 is 5.92 Å². The number of thiophene rings is 1. The molecule has 0 aliphatic carbocycles. The van der Waals surface area contributed by atoms with Crippen molar-refractivity contribution >= 4 is 28.9 Å². The predicted octanol–water partition coefficient (Wildman–Crippen LogP) is 2.38. The van der Waals surface area contributed by atoms with Gasteiger partial charge in [-0.25, -0.2) is 0 Å². The van der Waals surface area contributed by atoms with Crippen molar-refractivity contribution in [2.24, 2.45) is 5.92 Å². The Bertz CT molecular complexity index is 470. The van der Waals surface area contributed by atoms with Crippen molar-refractivity contribution < 1.29 is 4.79 Å². The highest BCUT2D eigenvalue weighted by Crippen LogP contribution is 2.32. The predicted molar refractivity (Wildman–Crippen MR) is 63.2 cm³/mol. The van der Waals surface area contributed by atoms with E-state index in [0.29, 0.717) is 4.88 Å². The lowest BCUT2D eigenvalue weighted by molar-refractivity contribution is 0.0975. The van der Waals surface area contributed by atoms with Gasteiger partial charge in [-0.05, 0) is 23.8 Å². The second kappa shape index (κ2) is 4.69. The summed E-state index contributed by atoms with van der Waals surface area (Å²) in [6.45, 7) is 0. The zero-order valence-electron chi connectivity index (χ0n) is 8.40. The smallest absolute Gasteiger partial charge is 0.204 e. The Morgan fingerprint density at radius 2 is 2.19 bits per heavy atom. The van der Waals surface area contributed by atoms with Crippen molar-refractivity contribution in [2.75, 3.05) is 5.75 Å². The molecule has 1 aliphatic rings. The Morgan fingerprint density at radius 3 is 2.81 bits per heavy atom. The van der Waals surface area contributed by atoms with E-state index in [4.69, 9.17) is 10.5 Å². The molecular weight excluding hydrogens is 240 g/mol. The third-order valence-electron chi connectivity index (χ3n) is 2.39. The lowest BCUT2D eigenvalue weighted by Gasteiger charge is -2.08. The van der Waals surface area contributed by atoms with E-state index in [1.54, 1.807) is 12.1 Å². The summed E-state index contributed by atoms with van der Waals surface area (Å²) in [5, 5.41) is 17.3. The largest absolute Gasteiger partial charge is 0.291 e. The number of nitrogens with zero attached hydrogens (tertiary/aromatic N) is 2. The van der Waals surface area contributed by atoms with Gasteiger partial charge in [0.1, 0.15) is 0 Å². The summed E-state index contributed by atoms with van der Waals surface area (Å²) in [7, 11) is 0. The van der Waals surface area contributed by atoms with Crippen molar-refractivity contribution in [2.45, 2.75) is 12.2 Å². The van der Waals surface area contributed by atoms with Crippen molar-refractivity contribution in [1.29, 1.82) is 10.5 Å². The van der Waals surface area contributed by atoms with Gasteiger partial charge in [0.2, 0.25) is 5.78 Å². The number of carbonyl (C=O) groups excluding carboxylic acids is 1. The van der Waals surface area contributed by atoms with Crippen LogP contribution in [0.15, 0.2) is 6.07 Å². The van der Waals surface area contributed by atoms with Crippen LogP contribution in [0.25, 0.3) is 0 Å². The lowest BCUT2D eigenvalue weighted by Crippen LogP contribution is -2.08. The Morgan fingerprint density at radius 1 is 1.44 bits per heavy atom. The Hall–Kier alpha value is -1.30. The molecule has 5 heteroatoms. The van der Waals surface area contributed by atoms with Gasteiger partial charge in [-0.2, -0.15) is 22.3 Å². The van der Waals surface area contributed by atoms with E-state index in [2.05, 4.69) is 0 Å². The molecule has 0 N–H and O–H groups in total. The van der Waals surface area contributed by atoms with Gasteiger partial charge in [-0.3, -0.25) is 4.79 Å². The van der Waals surface area contributed by atoms with Crippen LogP contribution < -0.4 is 0 Å². The van der Waals surface area contributed by atoms with Crippen molar-refractivity contribution in [3.8, 4) is 12.1 Å². The van der Waals surface area contributed by atoms with E-state index in [1.165, 1.54) is 21.8 Å². The number of hydrogen-bond acceptors (Lipinski definition) is 5. The molecule has 1 aliphatic heterocycles. The monoisotopic (exact) mass is 248 g/mol. The zero-order valence-corrected chi connectivity index (χ0v) is 10.0. The highest BCUT2D eigenvalue weighted by atomic mass is 32.2. The first kappa shape index (κ1) is 11.2. The Balaban J connectivity index is 2.29. The normalized spacial score (nSPS) is 13.9. The van der Waals surface area contributed by atoms with E-state index in [9.17, 15) is 4.79 Å². The molecule has 3 nitrogen and oxygen atoms in total. The average Bonchev–Trinajstić information content (AvgIpc) is 2.74. The number of aryl methyl sites for hydroxylation is 1. The first-order valence-corrected chi connectivity index (χ1v) is 6.76. The summed E-state index contributed by atoms with van der Waals surface area (Å²) in [6, 6.07) is 5.29. The number of nitriles is 2. The molecule has 1 aromatic rings. The molecule has 1 aromatic heterocycles. The topological polar surface area (TPSA) is 64.7 Å². The maximum absolute atomic E-state index is 11.8. The highest BCUT2D eigenvalue weighted by Gasteiger charge is 2.23. The number of thioether (sulfide) groups is 1. The summed E-state index contributed by atoms with van der Waals surface area (Å²) in [4.78, 5) is 13.6. The minimum Gasteiger partial charge on any atom is -0.291 e. The standard InChI is InChI=1S/C11H8N2OS2/c12-4-8(5-13)11(14)10-3-7-6-15-2-1-9(7)16-10/h3,8H,1-2,6H2.